The average molecular weight is 577 g/mol. The number of aryl methyl sites for hydroxylation is 1. The molecule has 1 aliphatic carbocycles. The van der Waals surface area contributed by atoms with Gasteiger partial charge in [0.05, 0.1) is 17.7 Å². The first kappa shape index (κ1) is 26.5. The van der Waals surface area contributed by atoms with Crippen molar-refractivity contribution in [1.82, 2.24) is 9.78 Å². The van der Waals surface area contributed by atoms with E-state index in [2.05, 4.69) is 15.7 Å². The van der Waals surface area contributed by atoms with Crippen molar-refractivity contribution >= 4 is 34.0 Å². The Morgan fingerprint density at radius 1 is 1.18 bits per heavy atom. The lowest BCUT2D eigenvalue weighted by Gasteiger charge is -2.33. The number of ether oxygens (including phenoxy) is 3. The predicted molar refractivity (Wildman–Crippen MR) is 140 cm³/mol. The molecule has 13 heteroatoms. The molecule has 40 heavy (non-hydrogen) atoms. The third-order valence-corrected chi connectivity index (χ3v) is 8.37. The standard InChI is InChI=1S/C27H27F3N4O5S/c1-13(2)39-26(36)23-15-5-3-4-6-20(15)40-25(23)32-24(35)17-11-22-31-16(10-21(27(28,29)30)34(22)33-17)14-7-8-18-19(9-14)38-12-37-18/h7-9,11,13,16,21,31H,3-6,10,12H2,1-2H3,(H,32,35)/t16-,21-/m1/s1. The van der Waals surface area contributed by atoms with E-state index in [9.17, 15) is 22.8 Å². The third-order valence-electron chi connectivity index (χ3n) is 7.17. The largest absolute Gasteiger partial charge is 0.459 e. The molecule has 9 nitrogen and oxygen atoms in total. The minimum atomic E-state index is -4.61. The summed E-state index contributed by atoms with van der Waals surface area (Å²) in [5.74, 6) is -0.178. The number of carbonyl (C=O) groups excluding carboxylic acids is 2. The zero-order chi connectivity index (χ0) is 28.2. The van der Waals surface area contributed by atoms with E-state index in [4.69, 9.17) is 14.2 Å². The van der Waals surface area contributed by atoms with Crippen molar-refractivity contribution in [2.45, 2.75) is 70.3 Å². The zero-order valence-corrected chi connectivity index (χ0v) is 22.6. The van der Waals surface area contributed by atoms with Crippen molar-refractivity contribution in [2.24, 2.45) is 0 Å². The van der Waals surface area contributed by atoms with Gasteiger partial charge in [-0.2, -0.15) is 18.3 Å². The van der Waals surface area contributed by atoms with Crippen LogP contribution < -0.4 is 20.1 Å². The topological polar surface area (TPSA) is 104 Å². The highest BCUT2D eigenvalue weighted by Crippen LogP contribution is 2.45. The Bertz CT molecular complexity index is 1480. The molecule has 1 aromatic carbocycles. The summed E-state index contributed by atoms with van der Waals surface area (Å²) < 4.78 is 59.5. The molecular formula is C27H27F3N4O5S. The van der Waals surface area contributed by atoms with Crippen molar-refractivity contribution in [1.29, 1.82) is 0 Å². The smallest absolute Gasteiger partial charge is 0.410 e. The van der Waals surface area contributed by atoms with Gasteiger partial charge < -0.3 is 24.8 Å². The molecule has 0 unspecified atom stereocenters. The van der Waals surface area contributed by atoms with E-state index in [0.717, 1.165) is 34.4 Å². The summed E-state index contributed by atoms with van der Waals surface area (Å²) in [5.41, 5.74) is 1.58. The number of anilines is 2. The van der Waals surface area contributed by atoms with Crippen molar-refractivity contribution < 1.29 is 37.0 Å². The first-order chi connectivity index (χ1) is 19.1. The van der Waals surface area contributed by atoms with Gasteiger partial charge in [0.1, 0.15) is 10.8 Å². The second-order valence-corrected chi connectivity index (χ2v) is 11.4. The highest BCUT2D eigenvalue weighted by molar-refractivity contribution is 7.17. The van der Waals surface area contributed by atoms with Crippen LogP contribution in [0.2, 0.25) is 0 Å². The first-order valence-corrected chi connectivity index (χ1v) is 13.9. The molecule has 2 N–H and O–H groups in total. The number of aromatic nitrogens is 2. The van der Waals surface area contributed by atoms with Crippen LogP contribution in [0.15, 0.2) is 24.3 Å². The molecule has 2 atom stereocenters. The molecular weight excluding hydrogens is 549 g/mol. The number of thiophene rings is 1. The molecule has 0 bridgehead atoms. The maximum Gasteiger partial charge on any atom is 0.410 e. The fraction of sp³-hybridized carbons (Fsp3) is 0.444. The second kappa shape index (κ2) is 10.0. The van der Waals surface area contributed by atoms with Crippen LogP contribution in [0.3, 0.4) is 0 Å². The number of alkyl halides is 3. The van der Waals surface area contributed by atoms with Gasteiger partial charge in [0.2, 0.25) is 6.79 Å². The Morgan fingerprint density at radius 3 is 2.73 bits per heavy atom. The van der Waals surface area contributed by atoms with Gasteiger partial charge in [-0.25, -0.2) is 9.48 Å². The SMILES string of the molecule is CC(C)OC(=O)c1c(NC(=O)c2cc3n(n2)[C@@H](C(F)(F)F)C[C@H](c2ccc4c(c2)OCO4)N3)sc2c1CCCC2. The van der Waals surface area contributed by atoms with E-state index in [-0.39, 0.29) is 30.8 Å². The number of hydrogen-bond acceptors (Lipinski definition) is 8. The lowest BCUT2D eigenvalue weighted by molar-refractivity contribution is -0.173. The van der Waals surface area contributed by atoms with Crippen molar-refractivity contribution in [3.63, 3.8) is 0 Å². The van der Waals surface area contributed by atoms with E-state index < -0.39 is 30.1 Å². The van der Waals surface area contributed by atoms with Crippen LogP contribution in [-0.2, 0) is 17.6 Å². The molecule has 0 spiro atoms. The van der Waals surface area contributed by atoms with E-state index >= 15 is 0 Å². The van der Waals surface area contributed by atoms with Gasteiger partial charge in [-0.15, -0.1) is 11.3 Å². The summed E-state index contributed by atoms with van der Waals surface area (Å²) in [7, 11) is 0. The molecule has 2 aromatic heterocycles. The number of nitrogens with zero attached hydrogens (tertiary/aromatic N) is 2. The third kappa shape index (κ3) is 4.87. The van der Waals surface area contributed by atoms with Crippen LogP contribution in [0.1, 0.15) is 82.0 Å². The minimum Gasteiger partial charge on any atom is -0.459 e. The molecule has 3 aromatic rings. The number of rotatable bonds is 5. The quantitative estimate of drug-likeness (QED) is 0.358. The number of benzene rings is 1. The van der Waals surface area contributed by atoms with E-state index in [0.29, 0.717) is 34.0 Å². The molecule has 6 rings (SSSR count). The van der Waals surface area contributed by atoms with Crippen LogP contribution in [0, 0.1) is 0 Å². The van der Waals surface area contributed by atoms with Gasteiger partial charge in [0.15, 0.2) is 23.2 Å². The highest BCUT2D eigenvalue weighted by Gasteiger charge is 2.47. The summed E-state index contributed by atoms with van der Waals surface area (Å²) >= 11 is 1.30. The number of carbonyl (C=O) groups is 2. The maximum absolute atomic E-state index is 14.2. The number of hydrogen-bond donors (Lipinski definition) is 2. The molecule has 1 amide bonds. The Labute approximate surface area is 231 Å². The number of fused-ring (bicyclic) bond motifs is 3. The van der Waals surface area contributed by atoms with Gasteiger partial charge in [-0.1, -0.05) is 6.07 Å². The second-order valence-electron chi connectivity index (χ2n) is 10.3. The molecule has 3 aliphatic rings. The summed E-state index contributed by atoms with van der Waals surface area (Å²) in [5, 5.41) is 10.2. The zero-order valence-electron chi connectivity index (χ0n) is 21.8. The molecule has 0 radical (unpaired) electrons. The van der Waals surface area contributed by atoms with Crippen LogP contribution in [0.5, 0.6) is 11.5 Å². The Kier molecular flexibility index (Phi) is 6.64. The molecule has 212 valence electrons. The Balaban J connectivity index is 1.30. The number of nitrogens with one attached hydrogen (secondary N) is 2. The molecule has 0 saturated carbocycles. The molecule has 4 heterocycles. The van der Waals surface area contributed by atoms with Crippen LogP contribution in [-0.4, -0.2) is 40.7 Å². The summed E-state index contributed by atoms with van der Waals surface area (Å²) in [6.07, 6.45) is -1.91. The number of esters is 1. The normalized spacial score (nSPS) is 19.6. The van der Waals surface area contributed by atoms with Gasteiger partial charge >= 0.3 is 12.1 Å². The number of halogens is 3. The fourth-order valence-corrected chi connectivity index (χ4v) is 6.62. The minimum absolute atomic E-state index is 0.0530. The fourth-order valence-electron chi connectivity index (χ4n) is 5.34. The number of amides is 1. The van der Waals surface area contributed by atoms with E-state index in [1.54, 1.807) is 32.0 Å². The van der Waals surface area contributed by atoms with Crippen LogP contribution in [0.25, 0.3) is 0 Å². The van der Waals surface area contributed by atoms with Crippen LogP contribution >= 0.6 is 11.3 Å². The molecule has 0 fully saturated rings. The monoisotopic (exact) mass is 576 g/mol. The van der Waals surface area contributed by atoms with E-state index in [1.807, 2.05) is 0 Å². The maximum atomic E-state index is 14.2. The van der Waals surface area contributed by atoms with Crippen molar-refractivity contribution in [3.05, 3.63) is 51.5 Å². The van der Waals surface area contributed by atoms with Crippen molar-refractivity contribution in [2.75, 3.05) is 17.4 Å². The Hall–Kier alpha value is -3.74. The van der Waals surface area contributed by atoms with Gasteiger partial charge in [-0.3, -0.25) is 4.79 Å². The van der Waals surface area contributed by atoms with Crippen LogP contribution in [0.4, 0.5) is 24.0 Å². The molecule has 2 aliphatic heterocycles. The summed E-state index contributed by atoms with van der Waals surface area (Å²) in [6.45, 7) is 3.54. The summed E-state index contributed by atoms with van der Waals surface area (Å²) in [4.78, 5) is 27.3. The van der Waals surface area contributed by atoms with Gasteiger partial charge in [0.25, 0.3) is 5.91 Å². The van der Waals surface area contributed by atoms with Crippen molar-refractivity contribution in [3.8, 4) is 11.5 Å². The summed E-state index contributed by atoms with van der Waals surface area (Å²) in [6, 6.07) is 3.65. The predicted octanol–water partition coefficient (Wildman–Crippen LogP) is 6.03. The average Bonchev–Trinajstić information content (AvgIpc) is 3.62. The highest BCUT2D eigenvalue weighted by atomic mass is 32.1. The Morgan fingerprint density at radius 2 is 1.95 bits per heavy atom. The lowest BCUT2D eigenvalue weighted by atomic mass is 9.95. The first-order valence-electron chi connectivity index (χ1n) is 13.1. The van der Waals surface area contributed by atoms with E-state index in [1.165, 1.54) is 17.4 Å². The van der Waals surface area contributed by atoms with Gasteiger partial charge in [-0.05, 0) is 62.8 Å². The van der Waals surface area contributed by atoms with Gasteiger partial charge in [0, 0.05) is 17.4 Å². The lowest BCUT2D eigenvalue weighted by Crippen LogP contribution is -2.35. The molecule has 0 saturated heterocycles.